The van der Waals surface area contributed by atoms with Crippen LogP contribution in [-0.2, 0) is 27.4 Å². The fourth-order valence-electron chi connectivity index (χ4n) is 3.59. The van der Waals surface area contributed by atoms with Crippen molar-refractivity contribution in [1.82, 2.24) is 5.32 Å². The maximum absolute atomic E-state index is 13.3. The van der Waals surface area contributed by atoms with Gasteiger partial charge in [0.1, 0.15) is 12.3 Å². The van der Waals surface area contributed by atoms with Gasteiger partial charge in [0.15, 0.2) is 0 Å². The number of benzene rings is 3. The van der Waals surface area contributed by atoms with E-state index in [-0.39, 0.29) is 23.2 Å². The molecule has 6 nitrogen and oxygen atoms in total. The minimum absolute atomic E-state index is 0.0715. The molecule has 0 aliphatic carbocycles. The molecule has 3 aromatic carbocycles. The van der Waals surface area contributed by atoms with Gasteiger partial charge in [-0.25, -0.2) is 8.42 Å². The molecular formula is C27H29F3N2O4S. The first-order chi connectivity index (χ1) is 17.5. The van der Waals surface area contributed by atoms with Crippen molar-refractivity contribution in [3.8, 4) is 5.75 Å². The van der Waals surface area contributed by atoms with Crippen molar-refractivity contribution in [2.24, 2.45) is 0 Å². The minimum atomic E-state index is -4.67. The average Bonchev–Trinajstić information content (AvgIpc) is 2.86. The van der Waals surface area contributed by atoms with E-state index in [0.717, 1.165) is 29.5 Å². The molecule has 0 saturated carbocycles. The Morgan fingerprint density at radius 2 is 1.65 bits per heavy atom. The lowest BCUT2D eigenvalue weighted by Gasteiger charge is -2.25. The molecule has 198 valence electrons. The van der Waals surface area contributed by atoms with Gasteiger partial charge in [0.25, 0.3) is 10.0 Å². The molecule has 0 radical (unpaired) electrons. The van der Waals surface area contributed by atoms with Crippen LogP contribution in [0.1, 0.15) is 31.4 Å². The zero-order valence-electron chi connectivity index (χ0n) is 20.5. The Hall–Kier alpha value is -3.53. The number of nitrogens with one attached hydrogen (secondary N) is 1. The first-order valence-electron chi connectivity index (χ1n) is 11.7. The van der Waals surface area contributed by atoms with Crippen LogP contribution in [0.15, 0.2) is 83.8 Å². The third-order valence-electron chi connectivity index (χ3n) is 5.34. The number of carbonyl (C=O) groups is 1. The molecule has 37 heavy (non-hydrogen) atoms. The third kappa shape index (κ3) is 7.98. The fraction of sp³-hybridized carbons (Fsp3) is 0.296. The highest BCUT2D eigenvalue weighted by atomic mass is 32.2. The van der Waals surface area contributed by atoms with Crippen molar-refractivity contribution < 1.29 is 31.1 Å². The predicted molar refractivity (Wildman–Crippen MR) is 136 cm³/mol. The molecule has 0 saturated heterocycles. The first kappa shape index (κ1) is 28.0. The first-order valence-corrected chi connectivity index (χ1v) is 13.2. The molecule has 1 N–H and O–H groups in total. The Kier molecular flexibility index (Phi) is 9.20. The number of ether oxygens (including phenoxy) is 1. The quantitative estimate of drug-likeness (QED) is 0.333. The van der Waals surface area contributed by atoms with Crippen LogP contribution in [0.4, 0.5) is 18.9 Å². The van der Waals surface area contributed by atoms with E-state index in [0.29, 0.717) is 17.1 Å². The molecule has 0 atom stereocenters. The lowest BCUT2D eigenvalue weighted by molar-refractivity contribution is -0.137. The van der Waals surface area contributed by atoms with Crippen molar-refractivity contribution in [3.63, 3.8) is 0 Å². The molecule has 0 unspecified atom stereocenters. The van der Waals surface area contributed by atoms with Crippen molar-refractivity contribution >= 4 is 21.6 Å². The van der Waals surface area contributed by atoms with Gasteiger partial charge in [0, 0.05) is 6.54 Å². The summed E-state index contributed by atoms with van der Waals surface area (Å²) in [7, 11) is -4.30. The van der Waals surface area contributed by atoms with E-state index in [1.807, 2.05) is 38.1 Å². The van der Waals surface area contributed by atoms with Crippen LogP contribution >= 0.6 is 0 Å². The Balaban J connectivity index is 1.69. The van der Waals surface area contributed by atoms with E-state index in [2.05, 4.69) is 5.32 Å². The molecule has 0 fully saturated rings. The van der Waals surface area contributed by atoms with Crippen LogP contribution in [0.2, 0.25) is 0 Å². The summed E-state index contributed by atoms with van der Waals surface area (Å²) in [5.41, 5.74) is -0.219. The number of nitrogens with zero attached hydrogens (tertiary/aromatic N) is 1. The van der Waals surface area contributed by atoms with Crippen molar-refractivity contribution in [2.45, 2.75) is 43.9 Å². The number of halogens is 3. The molecule has 3 rings (SSSR count). The van der Waals surface area contributed by atoms with E-state index >= 15 is 0 Å². The Labute approximate surface area is 215 Å². The second-order valence-corrected chi connectivity index (χ2v) is 10.5. The highest BCUT2D eigenvalue weighted by Crippen LogP contribution is 2.33. The molecule has 0 aliphatic rings. The van der Waals surface area contributed by atoms with Gasteiger partial charge in [-0.2, -0.15) is 13.2 Å². The van der Waals surface area contributed by atoms with Gasteiger partial charge >= 0.3 is 6.18 Å². The second-order valence-electron chi connectivity index (χ2n) is 8.64. The van der Waals surface area contributed by atoms with Gasteiger partial charge in [-0.3, -0.25) is 9.10 Å². The Morgan fingerprint density at radius 3 is 2.27 bits per heavy atom. The molecule has 0 bridgehead atoms. The minimum Gasteiger partial charge on any atom is -0.491 e. The zero-order chi connectivity index (χ0) is 27.1. The second kappa shape index (κ2) is 12.1. The van der Waals surface area contributed by atoms with Crippen molar-refractivity contribution in [3.05, 3.63) is 90.0 Å². The van der Waals surface area contributed by atoms with Crippen molar-refractivity contribution in [1.29, 1.82) is 0 Å². The lowest BCUT2D eigenvalue weighted by Crippen LogP contribution is -2.41. The van der Waals surface area contributed by atoms with Gasteiger partial charge in [-0.05, 0) is 74.7 Å². The number of anilines is 1. The van der Waals surface area contributed by atoms with Crippen LogP contribution < -0.4 is 14.4 Å². The van der Waals surface area contributed by atoms with Crippen LogP contribution in [0.3, 0.4) is 0 Å². The topological polar surface area (TPSA) is 75.7 Å². The number of sulfonamides is 1. The summed E-state index contributed by atoms with van der Waals surface area (Å²) < 4.78 is 72.7. The Bertz CT molecular complexity index is 1280. The van der Waals surface area contributed by atoms with E-state index in [1.165, 1.54) is 30.3 Å². The largest absolute Gasteiger partial charge is 0.491 e. The molecular weight excluding hydrogens is 505 g/mol. The number of amides is 1. The number of aryl methyl sites for hydroxylation is 1. The van der Waals surface area contributed by atoms with Gasteiger partial charge in [-0.15, -0.1) is 0 Å². The number of alkyl halides is 3. The number of carbonyl (C=O) groups excluding carboxylic acids is 1. The summed E-state index contributed by atoms with van der Waals surface area (Å²) in [5.74, 6) is 0.138. The Morgan fingerprint density at radius 1 is 0.973 bits per heavy atom. The zero-order valence-corrected chi connectivity index (χ0v) is 21.4. The van der Waals surface area contributed by atoms with E-state index in [1.54, 1.807) is 6.07 Å². The number of hydrogen-bond acceptors (Lipinski definition) is 4. The monoisotopic (exact) mass is 534 g/mol. The smallest absolute Gasteiger partial charge is 0.416 e. The molecule has 0 aliphatic heterocycles. The average molecular weight is 535 g/mol. The summed E-state index contributed by atoms with van der Waals surface area (Å²) in [4.78, 5) is 12.6. The molecule has 1 amide bonds. The predicted octanol–water partition coefficient (Wildman–Crippen LogP) is 5.44. The normalized spacial score (nSPS) is 11.8. The fourth-order valence-corrected chi connectivity index (χ4v) is 5.02. The summed E-state index contributed by atoms with van der Waals surface area (Å²) in [6.45, 7) is 3.48. The molecule has 10 heteroatoms. The number of hydrogen-bond donors (Lipinski definition) is 1. The highest BCUT2D eigenvalue weighted by molar-refractivity contribution is 7.92. The van der Waals surface area contributed by atoms with Crippen LogP contribution in [0.5, 0.6) is 5.75 Å². The van der Waals surface area contributed by atoms with Gasteiger partial charge in [0.2, 0.25) is 5.91 Å². The maximum Gasteiger partial charge on any atom is 0.416 e. The SMILES string of the molecule is CC(C)Oc1ccc(CCCNC(=O)CN(c2cccc(C(F)(F)F)c2)S(=O)(=O)c2ccccc2)cc1. The van der Waals surface area contributed by atoms with Crippen molar-refractivity contribution in [2.75, 3.05) is 17.4 Å². The van der Waals surface area contributed by atoms with Gasteiger partial charge in [-0.1, -0.05) is 36.4 Å². The molecule has 0 heterocycles. The van der Waals surface area contributed by atoms with Crippen LogP contribution in [0.25, 0.3) is 0 Å². The van der Waals surface area contributed by atoms with Crippen LogP contribution in [-0.4, -0.2) is 33.5 Å². The lowest BCUT2D eigenvalue weighted by atomic mass is 10.1. The molecule has 0 aromatic heterocycles. The van der Waals surface area contributed by atoms with E-state index < -0.39 is 34.2 Å². The maximum atomic E-state index is 13.3. The summed E-state index contributed by atoms with van der Waals surface area (Å²) in [6.07, 6.45) is -3.34. The third-order valence-corrected chi connectivity index (χ3v) is 7.13. The summed E-state index contributed by atoms with van der Waals surface area (Å²) >= 11 is 0. The van der Waals surface area contributed by atoms with E-state index in [4.69, 9.17) is 4.74 Å². The summed E-state index contributed by atoms with van der Waals surface area (Å²) in [5, 5.41) is 2.67. The molecule has 0 spiro atoms. The van der Waals surface area contributed by atoms with Gasteiger partial charge < -0.3 is 10.1 Å². The van der Waals surface area contributed by atoms with E-state index in [9.17, 15) is 26.4 Å². The molecule has 3 aromatic rings. The standard InChI is InChI=1S/C27H29F3N2O4S/c1-20(2)36-24-15-13-21(14-16-24)8-7-17-31-26(33)19-32(37(34,35)25-11-4-3-5-12-25)23-10-6-9-22(18-23)27(28,29)30/h3-6,9-16,18,20H,7-8,17,19H2,1-2H3,(H,31,33). The highest BCUT2D eigenvalue weighted by Gasteiger charge is 2.33. The van der Waals surface area contributed by atoms with Crippen LogP contribution in [0, 0.1) is 0 Å². The summed E-state index contributed by atoms with van der Waals surface area (Å²) in [6, 6.07) is 18.8. The van der Waals surface area contributed by atoms with Gasteiger partial charge in [0.05, 0.1) is 22.3 Å². The number of rotatable bonds is 11.